The van der Waals surface area contributed by atoms with E-state index in [2.05, 4.69) is 20.9 Å². The largest absolute Gasteiger partial charge is 0.269 e. The molecular weight excluding hydrogens is 376 g/mol. The fourth-order valence-corrected chi connectivity index (χ4v) is 4.75. The summed E-state index contributed by atoms with van der Waals surface area (Å²) in [6.45, 7) is 1.94. The van der Waals surface area contributed by atoms with Crippen molar-refractivity contribution in [3.63, 3.8) is 0 Å². The second-order valence-corrected chi connectivity index (χ2v) is 8.60. The Morgan fingerprint density at radius 2 is 1.87 bits per heavy atom. The Kier molecular flexibility index (Phi) is 3.35. The van der Waals surface area contributed by atoms with Gasteiger partial charge in [0.2, 0.25) is 0 Å². The van der Waals surface area contributed by atoms with E-state index < -0.39 is 10.0 Å². The van der Waals surface area contributed by atoms with Crippen LogP contribution >= 0.6 is 15.9 Å². The van der Waals surface area contributed by atoms with Gasteiger partial charge in [-0.15, -0.1) is 0 Å². The van der Waals surface area contributed by atoms with Gasteiger partial charge in [-0.2, -0.15) is 0 Å². The van der Waals surface area contributed by atoms with Crippen LogP contribution < -0.4 is 0 Å². The third-order valence-electron chi connectivity index (χ3n) is 4.19. The van der Waals surface area contributed by atoms with E-state index in [1.54, 1.807) is 18.3 Å². The molecule has 3 aromatic rings. The normalized spacial score (nSPS) is 15.2. The highest BCUT2D eigenvalue weighted by atomic mass is 79.9. The van der Waals surface area contributed by atoms with Crippen molar-refractivity contribution in [2.75, 3.05) is 0 Å². The maximum Gasteiger partial charge on any atom is 0.269 e. The smallest absolute Gasteiger partial charge is 0.237 e. The lowest BCUT2D eigenvalue weighted by Crippen LogP contribution is -2.16. The molecule has 0 aliphatic heterocycles. The van der Waals surface area contributed by atoms with Gasteiger partial charge in [0.1, 0.15) is 0 Å². The zero-order valence-corrected chi connectivity index (χ0v) is 14.9. The predicted octanol–water partition coefficient (Wildman–Crippen LogP) is 4.22. The molecule has 0 saturated heterocycles. The van der Waals surface area contributed by atoms with Crippen LogP contribution in [0, 0.1) is 6.92 Å². The van der Waals surface area contributed by atoms with Gasteiger partial charge in [0.15, 0.2) is 5.65 Å². The summed E-state index contributed by atoms with van der Waals surface area (Å²) in [7, 11) is -3.66. The molecule has 1 saturated carbocycles. The highest BCUT2D eigenvalue weighted by molar-refractivity contribution is 9.10. The number of benzene rings is 1. The van der Waals surface area contributed by atoms with Gasteiger partial charge in [-0.25, -0.2) is 17.4 Å². The number of halogens is 1. The topological polar surface area (TPSA) is 52.0 Å². The quantitative estimate of drug-likeness (QED) is 0.672. The first-order valence-corrected chi connectivity index (χ1v) is 9.70. The van der Waals surface area contributed by atoms with E-state index in [9.17, 15) is 8.42 Å². The van der Waals surface area contributed by atoms with Crippen LogP contribution in [-0.2, 0) is 10.0 Å². The standard InChI is InChI=1S/C17H15BrN2O2S/c1-11-2-6-13(7-3-11)23(21,22)20-16(12-4-5-12)10-14-15(18)8-9-19-17(14)20/h2-3,6-10,12H,4-5H2,1H3. The van der Waals surface area contributed by atoms with Crippen molar-refractivity contribution < 1.29 is 8.42 Å². The maximum atomic E-state index is 13.2. The van der Waals surface area contributed by atoms with Gasteiger partial charge in [-0.3, -0.25) is 0 Å². The molecule has 1 aromatic carbocycles. The molecule has 0 radical (unpaired) electrons. The zero-order chi connectivity index (χ0) is 16.2. The van der Waals surface area contributed by atoms with E-state index >= 15 is 0 Å². The van der Waals surface area contributed by atoms with Gasteiger partial charge in [-0.05, 0) is 60.0 Å². The molecule has 1 fully saturated rings. The van der Waals surface area contributed by atoms with E-state index in [1.165, 1.54) is 3.97 Å². The van der Waals surface area contributed by atoms with E-state index in [4.69, 9.17) is 0 Å². The van der Waals surface area contributed by atoms with Crippen LogP contribution in [0.4, 0.5) is 0 Å². The Balaban J connectivity index is 2.02. The fraction of sp³-hybridized carbons (Fsp3) is 0.235. The molecule has 23 heavy (non-hydrogen) atoms. The Morgan fingerprint density at radius 1 is 1.17 bits per heavy atom. The average molecular weight is 391 g/mol. The molecule has 0 spiro atoms. The first-order valence-electron chi connectivity index (χ1n) is 7.46. The predicted molar refractivity (Wildman–Crippen MR) is 93.2 cm³/mol. The summed E-state index contributed by atoms with van der Waals surface area (Å²) in [4.78, 5) is 4.63. The van der Waals surface area contributed by atoms with E-state index in [0.717, 1.165) is 34.0 Å². The number of rotatable bonds is 3. The Bertz CT molecular complexity index is 1000. The van der Waals surface area contributed by atoms with Crippen molar-refractivity contribution in [3.8, 4) is 0 Å². The molecule has 6 heteroatoms. The van der Waals surface area contributed by atoms with E-state index in [1.807, 2.05) is 31.2 Å². The highest BCUT2D eigenvalue weighted by Crippen LogP contribution is 2.44. The zero-order valence-electron chi connectivity index (χ0n) is 12.5. The van der Waals surface area contributed by atoms with Crippen LogP contribution in [0.2, 0.25) is 0 Å². The first kappa shape index (κ1) is 14.9. The van der Waals surface area contributed by atoms with Gasteiger partial charge in [0.25, 0.3) is 10.0 Å². The molecule has 1 aliphatic carbocycles. The molecule has 2 heterocycles. The summed E-state index contributed by atoms with van der Waals surface area (Å²) in [6.07, 6.45) is 3.68. The molecule has 0 unspecified atom stereocenters. The number of hydrogen-bond donors (Lipinski definition) is 0. The van der Waals surface area contributed by atoms with Gasteiger partial charge >= 0.3 is 0 Å². The lowest BCUT2D eigenvalue weighted by atomic mass is 10.2. The summed E-state index contributed by atoms with van der Waals surface area (Å²) in [5.74, 6) is 0.302. The van der Waals surface area contributed by atoms with E-state index in [0.29, 0.717) is 16.5 Å². The summed E-state index contributed by atoms with van der Waals surface area (Å²) in [5, 5.41) is 0.838. The van der Waals surface area contributed by atoms with Crippen LogP contribution in [0.5, 0.6) is 0 Å². The minimum Gasteiger partial charge on any atom is -0.237 e. The first-order chi connectivity index (χ1) is 11.0. The number of hydrogen-bond acceptors (Lipinski definition) is 3. The van der Waals surface area contributed by atoms with Gasteiger partial charge in [-0.1, -0.05) is 17.7 Å². The number of pyridine rings is 1. The van der Waals surface area contributed by atoms with Crippen LogP contribution in [0.15, 0.2) is 52.0 Å². The molecule has 0 bridgehead atoms. The molecule has 4 rings (SSSR count). The molecular formula is C17H15BrN2O2S. The molecule has 0 amide bonds. The lowest BCUT2D eigenvalue weighted by Gasteiger charge is -2.11. The molecule has 2 aromatic heterocycles. The van der Waals surface area contributed by atoms with Crippen molar-refractivity contribution >= 4 is 37.0 Å². The van der Waals surface area contributed by atoms with Gasteiger partial charge in [0.05, 0.1) is 4.90 Å². The van der Waals surface area contributed by atoms with Crippen molar-refractivity contribution in [2.24, 2.45) is 0 Å². The monoisotopic (exact) mass is 390 g/mol. The highest BCUT2D eigenvalue weighted by Gasteiger charge is 2.33. The summed E-state index contributed by atoms with van der Waals surface area (Å²) in [6, 6.07) is 10.7. The van der Waals surface area contributed by atoms with Gasteiger partial charge < -0.3 is 0 Å². The lowest BCUT2D eigenvalue weighted by molar-refractivity contribution is 0.586. The Hall–Kier alpha value is -1.66. The van der Waals surface area contributed by atoms with E-state index in [-0.39, 0.29) is 0 Å². The van der Waals surface area contributed by atoms with Crippen LogP contribution in [0.25, 0.3) is 11.0 Å². The number of aromatic nitrogens is 2. The van der Waals surface area contributed by atoms with Crippen molar-refractivity contribution in [3.05, 3.63) is 58.3 Å². The second-order valence-electron chi connectivity index (χ2n) is 5.96. The fourth-order valence-electron chi connectivity index (χ4n) is 2.79. The van der Waals surface area contributed by atoms with Crippen molar-refractivity contribution in [1.29, 1.82) is 0 Å². The van der Waals surface area contributed by atoms with Gasteiger partial charge in [0, 0.05) is 27.7 Å². The molecule has 0 atom stereocenters. The molecule has 118 valence electrons. The Labute approximate surface area is 143 Å². The minimum absolute atomic E-state index is 0.296. The third kappa shape index (κ3) is 2.40. The molecule has 1 aliphatic rings. The number of aryl methyl sites for hydroxylation is 1. The SMILES string of the molecule is Cc1ccc(S(=O)(=O)n2c(C3CC3)cc3c(Br)ccnc32)cc1. The molecule has 4 nitrogen and oxygen atoms in total. The van der Waals surface area contributed by atoms with Crippen LogP contribution in [0.3, 0.4) is 0 Å². The summed E-state index contributed by atoms with van der Waals surface area (Å²) in [5.41, 5.74) is 2.35. The maximum absolute atomic E-state index is 13.2. The van der Waals surface area contributed by atoms with Crippen LogP contribution in [-0.4, -0.2) is 17.4 Å². The Morgan fingerprint density at radius 3 is 2.52 bits per heavy atom. The van der Waals surface area contributed by atoms with Crippen molar-refractivity contribution in [2.45, 2.75) is 30.6 Å². The summed E-state index contributed by atoms with van der Waals surface area (Å²) < 4.78 is 28.7. The molecule has 0 N–H and O–H groups in total. The minimum atomic E-state index is -3.66. The summed E-state index contributed by atoms with van der Waals surface area (Å²) >= 11 is 3.50. The average Bonchev–Trinajstić information content (AvgIpc) is 3.28. The third-order valence-corrected chi connectivity index (χ3v) is 6.61. The van der Waals surface area contributed by atoms with Crippen LogP contribution in [0.1, 0.15) is 30.0 Å². The number of nitrogens with zero attached hydrogens (tertiary/aromatic N) is 2. The second kappa shape index (κ2) is 5.18. The number of fused-ring (bicyclic) bond motifs is 1. The van der Waals surface area contributed by atoms with Crippen molar-refractivity contribution in [1.82, 2.24) is 8.96 Å².